The third-order valence-electron chi connectivity index (χ3n) is 5.17. The van der Waals surface area contributed by atoms with Gasteiger partial charge in [-0.15, -0.1) is 0 Å². The number of hydrogen-bond donors (Lipinski definition) is 1. The maximum atomic E-state index is 9.25. The third-order valence-corrected chi connectivity index (χ3v) is 5.17. The Labute approximate surface area is 180 Å². The molecule has 1 aromatic heterocycles. The minimum atomic E-state index is -0.828. The van der Waals surface area contributed by atoms with Gasteiger partial charge in [-0.05, 0) is 33.4 Å². The van der Waals surface area contributed by atoms with E-state index in [9.17, 15) is 10.6 Å². The summed E-state index contributed by atoms with van der Waals surface area (Å²) in [6, 6.07) is 30.2. The second-order valence-corrected chi connectivity index (χ2v) is 6.92. The zero-order valence-corrected chi connectivity index (χ0v) is 16.8. The van der Waals surface area contributed by atoms with Crippen LogP contribution < -0.4 is 0 Å². The first kappa shape index (κ1) is 20.2. The smallest absolute Gasteiger partial charge is 0.198 e. The Morgan fingerprint density at radius 2 is 1.35 bits per heavy atom. The van der Waals surface area contributed by atoms with Crippen LogP contribution in [0.1, 0.15) is 22.4 Å². The highest BCUT2D eigenvalue weighted by Crippen LogP contribution is 2.43. The molecule has 1 heterocycles. The molecule has 0 saturated carbocycles. The maximum Gasteiger partial charge on any atom is 0.198 e. The van der Waals surface area contributed by atoms with Crippen LogP contribution in [-0.4, -0.2) is 21.3 Å². The van der Waals surface area contributed by atoms with Crippen molar-refractivity contribution in [3.8, 4) is 0 Å². The first-order valence-electron chi connectivity index (χ1n) is 9.89. The molecule has 0 atom stereocenters. The van der Waals surface area contributed by atoms with Gasteiger partial charge in [0, 0.05) is 11.1 Å². The van der Waals surface area contributed by atoms with E-state index in [-0.39, 0.29) is 12.6 Å². The fourth-order valence-corrected chi connectivity index (χ4v) is 3.95. The van der Waals surface area contributed by atoms with E-state index in [0.717, 1.165) is 16.7 Å². The Balaban J connectivity index is 2.15. The van der Waals surface area contributed by atoms with Gasteiger partial charge in [0.05, 0.1) is 12.3 Å². The van der Waals surface area contributed by atoms with Crippen LogP contribution >= 0.6 is 0 Å². The van der Waals surface area contributed by atoms with Gasteiger partial charge in [0.25, 0.3) is 0 Å². The van der Waals surface area contributed by atoms with E-state index in [1.807, 2.05) is 65.4 Å². The molecule has 0 amide bonds. The molecule has 0 unspecified atom stereocenters. The van der Waals surface area contributed by atoms with Crippen molar-refractivity contribution in [2.24, 2.45) is 5.11 Å². The van der Waals surface area contributed by atoms with Gasteiger partial charge in [-0.1, -0.05) is 97.1 Å². The molecule has 0 saturated heterocycles. The summed E-state index contributed by atoms with van der Waals surface area (Å²) in [7, 11) is 0. The Morgan fingerprint density at radius 1 is 0.871 bits per heavy atom. The topological polar surface area (TPSA) is 86.8 Å². The van der Waals surface area contributed by atoms with Crippen LogP contribution in [0.15, 0.2) is 108 Å². The van der Waals surface area contributed by atoms with Crippen molar-refractivity contribution in [3.05, 3.63) is 136 Å². The first-order chi connectivity index (χ1) is 15.3. The average molecular weight is 407 g/mol. The SMILES string of the molecule is [N-]=[N+]=Nc1nc(/C=C/CO)cn1C(c1ccccc1)(c1ccccc1)c1ccccc1. The van der Waals surface area contributed by atoms with Gasteiger partial charge in [-0.2, -0.15) is 0 Å². The Hall–Kier alpha value is -4.12. The van der Waals surface area contributed by atoms with Crippen molar-refractivity contribution in [1.29, 1.82) is 0 Å². The van der Waals surface area contributed by atoms with Crippen LogP contribution in [0.2, 0.25) is 0 Å². The molecule has 4 rings (SSSR count). The van der Waals surface area contributed by atoms with E-state index >= 15 is 0 Å². The lowest BCUT2D eigenvalue weighted by atomic mass is 9.76. The fourth-order valence-electron chi connectivity index (χ4n) is 3.95. The predicted molar refractivity (Wildman–Crippen MR) is 122 cm³/mol. The molecule has 1 N–H and O–H groups in total. The second kappa shape index (κ2) is 9.13. The minimum absolute atomic E-state index is 0.106. The van der Waals surface area contributed by atoms with Crippen LogP contribution in [0, 0.1) is 0 Å². The summed E-state index contributed by atoms with van der Waals surface area (Å²) in [5.41, 5.74) is 12.0. The summed E-state index contributed by atoms with van der Waals surface area (Å²) in [6.45, 7) is -0.106. The lowest BCUT2D eigenvalue weighted by Crippen LogP contribution is -2.37. The maximum absolute atomic E-state index is 9.25. The quantitative estimate of drug-likeness (QED) is 0.185. The molecule has 0 aliphatic rings. The van der Waals surface area contributed by atoms with Gasteiger partial charge in [0.15, 0.2) is 5.95 Å². The van der Waals surface area contributed by atoms with Gasteiger partial charge in [-0.25, -0.2) is 4.98 Å². The van der Waals surface area contributed by atoms with Crippen molar-refractivity contribution >= 4 is 12.0 Å². The highest BCUT2D eigenvalue weighted by Gasteiger charge is 2.39. The monoisotopic (exact) mass is 407 g/mol. The number of nitrogens with zero attached hydrogens (tertiary/aromatic N) is 5. The summed E-state index contributed by atoms with van der Waals surface area (Å²) < 4.78 is 1.91. The molecule has 0 bridgehead atoms. The lowest BCUT2D eigenvalue weighted by Gasteiger charge is -2.38. The van der Waals surface area contributed by atoms with E-state index in [0.29, 0.717) is 5.69 Å². The molecule has 6 nitrogen and oxygen atoms in total. The van der Waals surface area contributed by atoms with Gasteiger partial charge in [0.1, 0.15) is 5.54 Å². The first-order valence-corrected chi connectivity index (χ1v) is 9.89. The summed E-state index contributed by atoms with van der Waals surface area (Å²) in [5, 5.41) is 13.1. The normalized spacial score (nSPS) is 11.4. The summed E-state index contributed by atoms with van der Waals surface area (Å²) in [5.74, 6) is 0.233. The number of benzene rings is 3. The highest BCUT2D eigenvalue weighted by molar-refractivity contribution is 5.55. The van der Waals surface area contributed by atoms with Gasteiger partial charge in [-0.3, -0.25) is 0 Å². The lowest BCUT2D eigenvalue weighted by molar-refractivity contribution is 0.343. The molecular formula is C25H21N5O. The van der Waals surface area contributed by atoms with Crippen LogP contribution in [0.25, 0.3) is 16.5 Å². The number of rotatable bonds is 7. The number of azide groups is 1. The van der Waals surface area contributed by atoms with E-state index in [2.05, 4.69) is 51.4 Å². The van der Waals surface area contributed by atoms with Crippen LogP contribution in [0.5, 0.6) is 0 Å². The molecule has 0 spiro atoms. The van der Waals surface area contributed by atoms with Crippen molar-refractivity contribution < 1.29 is 5.11 Å². The molecule has 0 aliphatic carbocycles. The molecule has 4 aromatic rings. The molecule has 0 aliphatic heterocycles. The number of aromatic nitrogens is 2. The van der Waals surface area contributed by atoms with E-state index in [4.69, 9.17) is 0 Å². The number of hydrogen-bond acceptors (Lipinski definition) is 3. The molecule has 0 fully saturated rings. The third kappa shape index (κ3) is 3.73. The van der Waals surface area contributed by atoms with Crippen molar-refractivity contribution in [2.75, 3.05) is 6.61 Å². The van der Waals surface area contributed by atoms with Gasteiger partial charge < -0.3 is 9.67 Å². The van der Waals surface area contributed by atoms with E-state index < -0.39 is 5.54 Å². The molecule has 152 valence electrons. The predicted octanol–water partition coefficient (Wildman–Crippen LogP) is 5.67. The van der Waals surface area contributed by atoms with Crippen LogP contribution in [0.4, 0.5) is 5.95 Å². The zero-order valence-electron chi connectivity index (χ0n) is 16.8. The Bertz CT molecular complexity index is 1110. The van der Waals surface area contributed by atoms with E-state index in [1.54, 1.807) is 12.2 Å². The van der Waals surface area contributed by atoms with Crippen LogP contribution in [0.3, 0.4) is 0 Å². The molecule has 6 heteroatoms. The summed E-state index contributed by atoms with van der Waals surface area (Å²) in [6.07, 6.45) is 5.16. The number of aliphatic hydroxyl groups is 1. The Morgan fingerprint density at radius 3 is 1.77 bits per heavy atom. The standard InChI is InChI=1S/C25H21N5O/c26-29-28-24-27-23(17-10-18-31)19-30(24)25(20-11-4-1-5-12-20,21-13-6-2-7-14-21)22-15-8-3-9-16-22/h1-17,19,31H,18H2/b17-10+. The fraction of sp³-hybridized carbons (Fsp3) is 0.0800. The Kier molecular flexibility index (Phi) is 5.94. The van der Waals surface area contributed by atoms with Crippen molar-refractivity contribution in [3.63, 3.8) is 0 Å². The number of aliphatic hydroxyl groups excluding tert-OH is 1. The van der Waals surface area contributed by atoms with Crippen molar-refractivity contribution in [2.45, 2.75) is 5.54 Å². The van der Waals surface area contributed by atoms with E-state index in [1.165, 1.54) is 0 Å². The number of imidazole rings is 1. The molecule has 0 radical (unpaired) electrons. The average Bonchev–Trinajstić information content (AvgIpc) is 3.23. The largest absolute Gasteiger partial charge is 0.392 e. The van der Waals surface area contributed by atoms with Crippen LogP contribution in [-0.2, 0) is 5.54 Å². The minimum Gasteiger partial charge on any atom is -0.392 e. The summed E-state index contributed by atoms with van der Waals surface area (Å²) >= 11 is 0. The summed E-state index contributed by atoms with van der Waals surface area (Å²) in [4.78, 5) is 7.55. The van der Waals surface area contributed by atoms with Gasteiger partial charge >= 0.3 is 0 Å². The molecule has 3 aromatic carbocycles. The molecule has 31 heavy (non-hydrogen) atoms. The molecular weight excluding hydrogens is 386 g/mol. The highest BCUT2D eigenvalue weighted by atomic mass is 16.2. The zero-order chi connectivity index (χ0) is 21.5. The van der Waals surface area contributed by atoms with Gasteiger partial charge in [0.2, 0.25) is 0 Å². The second-order valence-electron chi connectivity index (χ2n) is 6.92. The van der Waals surface area contributed by atoms with Crippen molar-refractivity contribution in [1.82, 2.24) is 9.55 Å².